The Bertz CT molecular complexity index is 689. The first-order valence-electron chi connectivity index (χ1n) is 7.62. The zero-order valence-corrected chi connectivity index (χ0v) is 12.7. The highest BCUT2D eigenvalue weighted by Crippen LogP contribution is 2.29. The molecule has 0 atom stereocenters. The second-order valence-corrected chi connectivity index (χ2v) is 5.30. The number of allylic oxidation sites excluding steroid dienone is 1. The third-order valence-corrected chi connectivity index (χ3v) is 3.76. The van der Waals surface area contributed by atoms with Gasteiger partial charge in [-0.15, -0.1) is 5.10 Å². The van der Waals surface area contributed by atoms with Gasteiger partial charge in [0.15, 0.2) is 0 Å². The van der Waals surface area contributed by atoms with Gasteiger partial charge < -0.3 is 4.74 Å². The Morgan fingerprint density at radius 1 is 1.32 bits per heavy atom. The lowest BCUT2D eigenvalue weighted by molar-refractivity contribution is -0.137. The summed E-state index contributed by atoms with van der Waals surface area (Å²) in [4.78, 5) is 11.7. The first-order valence-corrected chi connectivity index (χ1v) is 7.62. The molecule has 1 aliphatic rings. The maximum Gasteiger partial charge on any atom is 0.331 e. The molecular formula is C17H19N3O2. The highest BCUT2D eigenvalue weighted by molar-refractivity contribution is 5.91. The molecule has 0 aliphatic heterocycles. The second kappa shape index (κ2) is 6.56. The van der Waals surface area contributed by atoms with Crippen LogP contribution < -0.4 is 0 Å². The van der Waals surface area contributed by atoms with Gasteiger partial charge in [0.1, 0.15) is 5.69 Å². The van der Waals surface area contributed by atoms with Crippen LogP contribution in [0.15, 0.2) is 36.4 Å². The Hall–Kier alpha value is -2.43. The normalized spacial score (nSPS) is 15.6. The number of carbonyl (C=O) groups is 1. The molecule has 0 radical (unpaired) electrons. The topological polar surface area (TPSA) is 57.0 Å². The van der Waals surface area contributed by atoms with E-state index < -0.39 is 0 Å². The first-order chi connectivity index (χ1) is 10.8. The van der Waals surface area contributed by atoms with Crippen LogP contribution in [0.25, 0.3) is 5.57 Å². The Balaban J connectivity index is 1.86. The van der Waals surface area contributed by atoms with E-state index in [0.29, 0.717) is 13.2 Å². The van der Waals surface area contributed by atoms with Gasteiger partial charge in [0.25, 0.3) is 0 Å². The third-order valence-electron chi connectivity index (χ3n) is 3.76. The SMILES string of the molecule is CCOC(=O)C=C1CCCc2c1nnn2Cc1ccccc1. The first kappa shape index (κ1) is 14.5. The summed E-state index contributed by atoms with van der Waals surface area (Å²) in [5.74, 6) is -0.303. The molecule has 0 bridgehead atoms. The van der Waals surface area contributed by atoms with Crippen molar-refractivity contribution in [1.29, 1.82) is 0 Å². The van der Waals surface area contributed by atoms with E-state index in [4.69, 9.17) is 4.74 Å². The fourth-order valence-corrected chi connectivity index (χ4v) is 2.74. The van der Waals surface area contributed by atoms with Gasteiger partial charge in [-0.1, -0.05) is 35.5 Å². The molecule has 1 aromatic carbocycles. The van der Waals surface area contributed by atoms with Gasteiger partial charge in [-0.3, -0.25) is 0 Å². The predicted molar refractivity (Wildman–Crippen MR) is 83.1 cm³/mol. The second-order valence-electron chi connectivity index (χ2n) is 5.30. The summed E-state index contributed by atoms with van der Waals surface area (Å²) in [6.07, 6.45) is 4.34. The summed E-state index contributed by atoms with van der Waals surface area (Å²) < 4.78 is 6.93. The number of carbonyl (C=O) groups excluding carboxylic acids is 1. The zero-order valence-electron chi connectivity index (χ0n) is 12.7. The minimum Gasteiger partial charge on any atom is -0.463 e. The molecule has 1 aromatic heterocycles. The number of aromatic nitrogens is 3. The van der Waals surface area contributed by atoms with Gasteiger partial charge in [-0.2, -0.15) is 0 Å². The van der Waals surface area contributed by atoms with E-state index in [1.807, 2.05) is 22.9 Å². The number of ether oxygens (including phenoxy) is 1. The van der Waals surface area contributed by atoms with E-state index in [1.54, 1.807) is 13.0 Å². The molecule has 2 aromatic rings. The Morgan fingerprint density at radius 3 is 2.91 bits per heavy atom. The summed E-state index contributed by atoms with van der Waals surface area (Å²) in [5, 5.41) is 8.55. The Kier molecular flexibility index (Phi) is 4.32. The van der Waals surface area contributed by atoms with Crippen LogP contribution in [0.2, 0.25) is 0 Å². The van der Waals surface area contributed by atoms with Gasteiger partial charge in [-0.25, -0.2) is 9.48 Å². The number of fused-ring (bicyclic) bond motifs is 1. The van der Waals surface area contributed by atoms with E-state index in [0.717, 1.165) is 36.2 Å². The lowest BCUT2D eigenvalue weighted by atomic mass is 9.95. The van der Waals surface area contributed by atoms with Crippen LogP contribution in [0.5, 0.6) is 0 Å². The average molecular weight is 297 g/mol. The van der Waals surface area contributed by atoms with Crippen molar-refractivity contribution in [3.05, 3.63) is 53.4 Å². The summed E-state index contributed by atoms with van der Waals surface area (Å²) in [6.45, 7) is 2.89. The van der Waals surface area contributed by atoms with E-state index in [1.165, 1.54) is 5.56 Å². The molecule has 1 heterocycles. The van der Waals surface area contributed by atoms with E-state index in [9.17, 15) is 4.79 Å². The molecule has 0 saturated heterocycles. The molecule has 0 saturated carbocycles. The van der Waals surface area contributed by atoms with Gasteiger partial charge in [0.2, 0.25) is 0 Å². The Labute approximate surface area is 129 Å². The number of hydrogen-bond acceptors (Lipinski definition) is 4. The van der Waals surface area contributed by atoms with Crippen molar-refractivity contribution >= 4 is 11.5 Å². The van der Waals surface area contributed by atoms with Crippen molar-refractivity contribution < 1.29 is 9.53 Å². The van der Waals surface area contributed by atoms with E-state index in [2.05, 4.69) is 22.4 Å². The van der Waals surface area contributed by atoms with Crippen LogP contribution in [-0.4, -0.2) is 27.6 Å². The maximum atomic E-state index is 11.7. The number of esters is 1. The Morgan fingerprint density at radius 2 is 2.14 bits per heavy atom. The minimum absolute atomic E-state index is 0.303. The number of hydrogen-bond donors (Lipinski definition) is 0. The van der Waals surface area contributed by atoms with Gasteiger partial charge >= 0.3 is 5.97 Å². The lowest BCUT2D eigenvalue weighted by Crippen LogP contribution is -2.11. The van der Waals surface area contributed by atoms with Crippen LogP contribution in [0.4, 0.5) is 0 Å². The third kappa shape index (κ3) is 3.08. The van der Waals surface area contributed by atoms with Crippen molar-refractivity contribution in [2.24, 2.45) is 0 Å². The van der Waals surface area contributed by atoms with Crippen LogP contribution in [0.1, 0.15) is 36.7 Å². The molecule has 0 amide bonds. The largest absolute Gasteiger partial charge is 0.463 e. The highest BCUT2D eigenvalue weighted by atomic mass is 16.5. The van der Waals surface area contributed by atoms with Crippen molar-refractivity contribution in [2.45, 2.75) is 32.7 Å². The van der Waals surface area contributed by atoms with Crippen LogP contribution >= 0.6 is 0 Å². The van der Waals surface area contributed by atoms with Gasteiger partial charge in [0.05, 0.1) is 18.8 Å². The number of nitrogens with zero attached hydrogens (tertiary/aromatic N) is 3. The highest BCUT2D eigenvalue weighted by Gasteiger charge is 2.22. The minimum atomic E-state index is -0.303. The van der Waals surface area contributed by atoms with Crippen molar-refractivity contribution in [3.8, 4) is 0 Å². The molecular weight excluding hydrogens is 278 g/mol. The quantitative estimate of drug-likeness (QED) is 0.643. The predicted octanol–water partition coefficient (Wildman–Crippen LogP) is 2.61. The molecule has 22 heavy (non-hydrogen) atoms. The summed E-state index contributed by atoms with van der Waals surface area (Å²) in [7, 11) is 0. The molecule has 114 valence electrons. The van der Waals surface area contributed by atoms with Crippen molar-refractivity contribution in [1.82, 2.24) is 15.0 Å². The van der Waals surface area contributed by atoms with Gasteiger partial charge in [0, 0.05) is 6.08 Å². The molecule has 0 N–H and O–H groups in total. The zero-order chi connectivity index (χ0) is 15.4. The molecule has 0 unspecified atom stereocenters. The molecule has 5 nitrogen and oxygen atoms in total. The molecule has 0 fully saturated rings. The van der Waals surface area contributed by atoms with Gasteiger partial charge in [-0.05, 0) is 37.3 Å². The summed E-state index contributed by atoms with van der Waals surface area (Å²) in [6, 6.07) is 10.2. The van der Waals surface area contributed by atoms with Crippen molar-refractivity contribution in [3.63, 3.8) is 0 Å². The molecule has 3 rings (SSSR count). The smallest absolute Gasteiger partial charge is 0.331 e. The number of benzene rings is 1. The van der Waals surface area contributed by atoms with Crippen molar-refractivity contribution in [2.75, 3.05) is 6.61 Å². The number of rotatable bonds is 4. The maximum absolute atomic E-state index is 11.7. The fraction of sp³-hybridized carbons (Fsp3) is 0.353. The monoisotopic (exact) mass is 297 g/mol. The van der Waals surface area contributed by atoms with Crippen LogP contribution in [0.3, 0.4) is 0 Å². The van der Waals surface area contributed by atoms with Crippen LogP contribution in [-0.2, 0) is 22.5 Å². The summed E-state index contributed by atoms with van der Waals surface area (Å²) >= 11 is 0. The van der Waals surface area contributed by atoms with Crippen LogP contribution in [0, 0.1) is 0 Å². The standard InChI is InChI=1S/C17H19N3O2/c1-2-22-16(21)11-14-9-6-10-15-17(14)18-19-20(15)12-13-7-4-3-5-8-13/h3-5,7-8,11H,2,6,9-10,12H2,1H3. The average Bonchev–Trinajstić information content (AvgIpc) is 2.93. The van der Waals surface area contributed by atoms with E-state index in [-0.39, 0.29) is 5.97 Å². The molecule has 1 aliphatic carbocycles. The molecule has 5 heteroatoms. The summed E-state index contributed by atoms with van der Waals surface area (Å²) in [5.41, 5.74) is 4.07. The fourth-order valence-electron chi connectivity index (χ4n) is 2.74. The lowest BCUT2D eigenvalue weighted by Gasteiger charge is -2.15. The molecule has 0 spiro atoms. The van der Waals surface area contributed by atoms with E-state index >= 15 is 0 Å².